The molecule has 0 unspecified atom stereocenters. The molecule has 1 nitrogen and oxygen atoms in total. The molecule has 0 saturated heterocycles. The fourth-order valence-corrected chi connectivity index (χ4v) is 3.61. The summed E-state index contributed by atoms with van der Waals surface area (Å²) in [6.07, 6.45) is 1.90. The van der Waals surface area contributed by atoms with Crippen molar-refractivity contribution in [3.05, 3.63) is 102 Å². The molecular formula is C23H16BrN. The topological polar surface area (TPSA) is 12.9 Å². The van der Waals surface area contributed by atoms with Gasteiger partial charge in [-0.1, -0.05) is 91.0 Å². The molecule has 4 rings (SSSR count). The minimum atomic E-state index is 0.994. The molecule has 25 heavy (non-hydrogen) atoms. The molecule has 2 heteroatoms. The fraction of sp³-hybridized carbons (Fsp3) is 0. The lowest BCUT2D eigenvalue weighted by Gasteiger charge is -2.17. The van der Waals surface area contributed by atoms with Crippen LogP contribution in [0.5, 0.6) is 0 Å². The van der Waals surface area contributed by atoms with E-state index < -0.39 is 0 Å². The van der Waals surface area contributed by atoms with Crippen molar-refractivity contribution in [3.63, 3.8) is 0 Å². The van der Waals surface area contributed by atoms with E-state index in [4.69, 9.17) is 4.98 Å². The third-order valence-electron chi connectivity index (χ3n) is 4.20. The minimum absolute atomic E-state index is 0.994. The lowest BCUT2D eigenvalue weighted by Crippen LogP contribution is -1.95. The van der Waals surface area contributed by atoms with E-state index in [0.29, 0.717) is 0 Å². The van der Waals surface area contributed by atoms with Crippen molar-refractivity contribution in [1.29, 1.82) is 0 Å². The largest absolute Gasteiger partial charge is 0.254 e. The summed E-state index contributed by atoms with van der Waals surface area (Å²) in [7, 11) is 0. The van der Waals surface area contributed by atoms with Gasteiger partial charge in [-0.05, 0) is 27.1 Å². The van der Waals surface area contributed by atoms with Crippen LogP contribution in [0.25, 0.3) is 33.5 Å². The maximum atomic E-state index is 4.76. The van der Waals surface area contributed by atoms with Crippen molar-refractivity contribution < 1.29 is 0 Å². The molecule has 4 aromatic rings. The fourth-order valence-electron chi connectivity index (χ4n) is 3.08. The molecule has 0 radical (unpaired) electrons. The van der Waals surface area contributed by atoms with Gasteiger partial charge in [0.2, 0.25) is 0 Å². The van der Waals surface area contributed by atoms with Gasteiger partial charge in [-0.15, -0.1) is 0 Å². The quantitative estimate of drug-likeness (QED) is 0.375. The molecule has 0 N–H and O–H groups in total. The van der Waals surface area contributed by atoms with Crippen LogP contribution in [-0.2, 0) is 0 Å². The zero-order valence-electron chi connectivity index (χ0n) is 13.6. The first-order valence-corrected chi connectivity index (χ1v) is 8.98. The summed E-state index contributed by atoms with van der Waals surface area (Å²) in [5, 5.41) is 0. The van der Waals surface area contributed by atoms with Gasteiger partial charge in [0.25, 0.3) is 0 Å². The lowest BCUT2D eigenvalue weighted by atomic mass is 9.91. The molecule has 3 aromatic carbocycles. The Kier molecular flexibility index (Phi) is 4.45. The maximum Gasteiger partial charge on any atom is 0.0787 e. The molecule has 0 fully saturated rings. The first-order chi connectivity index (χ1) is 12.3. The van der Waals surface area contributed by atoms with E-state index in [1.807, 2.05) is 24.4 Å². The Labute approximate surface area is 156 Å². The molecule has 0 aliphatic carbocycles. The Hall–Kier alpha value is -2.71. The molecule has 0 aliphatic heterocycles. The summed E-state index contributed by atoms with van der Waals surface area (Å²) < 4.78 is 0.997. The van der Waals surface area contributed by atoms with Crippen LogP contribution in [0.1, 0.15) is 0 Å². The predicted molar refractivity (Wildman–Crippen MR) is 108 cm³/mol. The summed E-state index contributed by atoms with van der Waals surface area (Å²) in [5.41, 5.74) is 6.76. The number of benzene rings is 3. The highest BCUT2D eigenvalue weighted by molar-refractivity contribution is 9.10. The Balaban J connectivity index is 2.08. The van der Waals surface area contributed by atoms with Crippen molar-refractivity contribution in [1.82, 2.24) is 4.98 Å². The summed E-state index contributed by atoms with van der Waals surface area (Å²) >= 11 is 3.73. The van der Waals surface area contributed by atoms with Crippen LogP contribution < -0.4 is 0 Å². The van der Waals surface area contributed by atoms with E-state index in [1.54, 1.807) is 0 Å². The number of halogens is 1. The van der Waals surface area contributed by atoms with Gasteiger partial charge < -0.3 is 0 Å². The summed E-state index contributed by atoms with van der Waals surface area (Å²) in [5.74, 6) is 0. The van der Waals surface area contributed by atoms with Gasteiger partial charge in [0.05, 0.1) is 5.69 Å². The molecule has 0 amide bonds. The van der Waals surface area contributed by atoms with Crippen LogP contribution in [0.15, 0.2) is 102 Å². The number of pyridine rings is 1. The second-order valence-corrected chi connectivity index (χ2v) is 6.66. The van der Waals surface area contributed by atoms with Crippen LogP contribution in [0.4, 0.5) is 0 Å². The predicted octanol–water partition coefficient (Wildman–Crippen LogP) is 6.85. The Morgan fingerprint density at radius 3 is 1.48 bits per heavy atom. The first kappa shape index (κ1) is 15.8. The molecule has 0 spiro atoms. The number of hydrogen-bond acceptors (Lipinski definition) is 1. The molecule has 120 valence electrons. The number of hydrogen-bond donors (Lipinski definition) is 0. The van der Waals surface area contributed by atoms with Crippen LogP contribution in [-0.4, -0.2) is 4.98 Å². The second kappa shape index (κ2) is 7.04. The highest BCUT2D eigenvalue weighted by Crippen LogP contribution is 2.42. The van der Waals surface area contributed by atoms with Gasteiger partial charge in [0.15, 0.2) is 0 Å². The molecule has 0 aliphatic rings. The Morgan fingerprint density at radius 1 is 0.520 bits per heavy atom. The van der Waals surface area contributed by atoms with E-state index in [-0.39, 0.29) is 0 Å². The normalized spacial score (nSPS) is 10.6. The van der Waals surface area contributed by atoms with Crippen molar-refractivity contribution in [2.75, 3.05) is 0 Å². The van der Waals surface area contributed by atoms with E-state index in [9.17, 15) is 0 Å². The van der Waals surface area contributed by atoms with E-state index >= 15 is 0 Å². The number of aromatic nitrogens is 1. The summed E-state index contributed by atoms with van der Waals surface area (Å²) in [4.78, 5) is 4.76. The zero-order chi connectivity index (χ0) is 17.1. The van der Waals surface area contributed by atoms with E-state index in [1.165, 1.54) is 11.1 Å². The third-order valence-corrected chi connectivity index (χ3v) is 4.81. The molecule has 0 atom stereocenters. The summed E-state index contributed by atoms with van der Waals surface area (Å²) in [6, 6.07) is 31.3. The van der Waals surface area contributed by atoms with Gasteiger partial charge in [0, 0.05) is 27.4 Å². The first-order valence-electron chi connectivity index (χ1n) is 8.19. The van der Waals surface area contributed by atoms with Gasteiger partial charge in [-0.3, -0.25) is 4.98 Å². The molecule has 1 heterocycles. The minimum Gasteiger partial charge on any atom is -0.254 e. The SMILES string of the molecule is Brc1cnc(-c2ccccc2)c(-c2ccccc2)c1-c1ccccc1. The Morgan fingerprint density at radius 2 is 0.960 bits per heavy atom. The van der Waals surface area contributed by atoms with Crippen molar-refractivity contribution in [2.45, 2.75) is 0 Å². The Bertz CT molecular complexity index is 980. The number of rotatable bonds is 3. The van der Waals surface area contributed by atoms with E-state index in [2.05, 4.69) is 88.7 Å². The van der Waals surface area contributed by atoms with Crippen LogP contribution >= 0.6 is 15.9 Å². The zero-order valence-corrected chi connectivity index (χ0v) is 15.1. The smallest absolute Gasteiger partial charge is 0.0787 e. The second-order valence-electron chi connectivity index (χ2n) is 5.80. The third kappa shape index (κ3) is 3.13. The van der Waals surface area contributed by atoms with Crippen LogP contribution in [0.3, 0.4) is 0 Å². The standard InChI is InChI=1S/C23H16BrN/c24-20-16-25-23(19-14-8-3-9-15-19)22(18-12-6-2-7-13-18)21(20)17-10-4-1-5-11-17/h1-16H. The monoisotopic (exact) mass is 385 g/mol. The highest BCUT2D eigenvalue weighted by Gasteiger charge is 2.17. The van der Waals surface area contributed by atoms with E-state index in [0.717, 1.165) is 26.9 Å². The van der Waals surface area contributed by atoms with Gasteiger partial charge in [-0.25, -0.2) is 0 Å². The average molecular weight is 386 g/mol. The van der Waals surface area contributed by atoms with Crippen LogP contribution in [0.2, 0.25) is 0 Å². The molecule has 1 aromatic heterocycles. The number of nitrogens with zero attached hydrogens (tertiary/aromatic N) is 1. The lowest BCUT2D eigenvalue weighted by molar-refractivity contribution is 1.31. The molecule has 0 saturated carbocycles. The molecular weight excluding hydrogens is 370 g/mol. The molecule has 0 bridgehead atoms. The van der Waals surface area contributed by atoms with Crippen molar-refractivity contribution in [3.8, 4) is 33.5 Å². The van der Waals surface area contributed by atoms with Crippen molar-refractivity contribution in [2.24, 2.45) is 0 Å². The van der Waals surface area contributed by atoms with Crippen LogP contribution in [0, 0.1) is 0 Å². The summed E-state index contributed by atoms with van der Waals surface area (Å²) in [6.45, 7) is 0. The maximum absolute atomic E-state index is 4.76. The van der Waals surface area contributed by atoms with Crippen molar-refractivity contribution >= 4 is 15.9 Å². The van der Waals surface area contributed by atoms with Gasteiger partial charge in [0.1, 0.15) is 0 Å². The highest BCUT2D eigenvalue weighted by atomic mass is 79.9. The van der Waals surface area contributed by atoms with Gasteiger partial charge >= 0.3 is 0 Å². The van der Waals surface area contributed by atoms with Gasteiger partial charge in [-0.2, -0.15) is 0 Å². The average Bonchev–Trinajstić information content (AvgIpc) is 2.70.